The summed E-state index contributed by atoms with van der Waals surface area (Å²) in [4.78, 5) is 0. The Morgan fingerprint density at radius 1 is 0.362 bits per heavy atom. The van der Waals surface area contributed by atoms with Crippen LogP contribution < -0.4 is 0 Å². The van der Waals surface area contributed by atoms with Crippen molar-refractivity contribution in [2.24, 2.45) is 0 Å². The third-order valence-corrected chi connectivity index (χ3v) is 11.8. The van der Waals surface area contributed by atoms with Gasteiger partial charge in [-0.25, -0.2) is 0 Å². The molecule has 0 saturated carbocycles. The Balaban J connectivity index is 1.15. The van der Waals surface area contributed by atoms with Crippen molar-refractivity contribution >= 4 is 43.6 Å². The van der Waals surface area contributed by atoms with Gasteiger partial charge in [-0.2, -0.15) is 10.5 Å². The lowest BCUT2D eigenvalue weighted by Crippen LogP contribution is -2.00. The van der Waals surface area contributed by atoms with E-state index in [-0.39, 0.29) is 0 Å². The van der Waals surface area contributed by atoms with E-state index in [1.807, 2.05) is 24.3 Å². The van der Waals surface area contributed by atoms with Crippen LogP contribution >= 0.6 is 0 Å². The summed E-state index contributed by atoms with van der Waals surface area (Å²) < 4.78 is 4.45. The van der Waals surface area contributed by atoms with E-state index in [4.69, 9.17) is 0 Å². The van der Waals surface area contributed by atoms with Gasteiger partial charge in [-0.1, -0.05) is 108 Å². The Bertz CT molecular complexity index is 3190. The van der Waals surface area contributed by atoms with Gasteiger partial charge in [0, 0.05) is 21.5 Å². The first-order valence-corrected chi connectivity index (χ1v) is 19.6. The molecule has 10 rings (SSSR count). The second-order valence-corrected chi connectivity index (χ2v) is 15.5. The van der Waals surface area contributed by atoms with Gasteiger partial charge in [-0.3, -0.25) is 0 Å². The fraction of sp³-hybridized carbons (Fsp3) is 0.0741. The molecule has 0 radical (unpaired) electrons. The molecule has 0 bridgehead atoms. The first kappa shape index (κ1) is 34.8. The lowest BCUT2D eigenvalue weighted by atomic mass is 9.97. The van der Waals surface area contributed by atoms with Gasteiger partial charge in [-0.05, 0) is 133 Å². The molecule has 0 fully saturated rings. The molecule has 274 valence electrons. The van der Waals surface area contributed by atoms with Crippen LogP contribution in [-0.4, -0.2) is 9.13 Å². The molecule has 2 heterocycles. The molecule has 4 nitrogen and oxygen atoms in total. The number of hydrogen-bond donors (Lipinski definition) is 0. The van der Waals surface area contributed by atoms with Crippen LogP contribution in [0.5, 0.6) is 0 Å². The zero-order chi connectivity index (χ0) is 39.7. The van der Waals surface area contributed by atoms with Crippen molar-refractivity contribution in [2.45, 2.75) is 27.7 Å². The van der Waals surface area contributed by atoms with Gasteiger partial charge in [-0.15, -0.1) is 0 Å². The molecule has 0 atom stereocenters. The highest BCUT2D eigenvalue weighted by Gasteiger charge is 2.20. The number of hydrogen-bond acceptors (Lipinski definition) is 2. The fourth-order valence-corrected chi connectivity index (χ4v) is 9.06. The number of nitriles is 2. The van der Waals surface area contributed by atoms with E-state index in [2.05, 4.69) is 182 Å². The van der Waals surface area contributed by atoms with Gasteiger partial charge in [0.2, 0.25) is 0 Å². The SMILES string of the molecule is Cc1ccc(-c2ccc3c(c2)c2ccccc2n3-c2cc(-c3ccc(C#N)c(-n4c5ccccc5c5cc(-c6ccc(C)cc6C)ccc54)c3)ccc2C#N)c(C)c1. The molecule has 0 spiro atoms. The Morgan fingerprint density at radius 3 is 1.17 bits per heavy atom. The average molecular weight is 743 g/mol. The third kappa shape index (κ3) is 5.50. The number of aryl methyl sites for hydroxylation is 4. The van der Waals surface area contributed by atoms with Crippen LogP contribution in [0.15, 0.2) is 158 Å². The number of rotatable bonds is 5. The summed E-state index contributed by atoms with van der Waals surface area (Å²) >= 11 is 0. The molecule has 58 heavy (non-hydrogen) atoms. The van der Waals surface area contributed by atoms with E-state index in [0.717, 1.165) is 66.1 Å². The van der Waals surface area contributed by atoms with E-state index >= 15 is 0 Å². The first-order chi connectivity index (χ1) is 28.3. The summed E-state index contributed by atoms with van der Waals surface area (Å²) in [6.07, 6.45) is 0. The standard InChI is InChI=1S/C54H38N4/c1-33-13-21-43(35(3)25-33)39-19-23-51-47(27-39)45-9-5-7-11-49(45)57(51)53-29-37(15-17-41(53)31-55)38-16-18-42(32-56)54(30-38)58-50-12-8-6-10-46(50)48-28-40(20-24-52(48)58)44-22-14-34(2)26-36(44)4/h5-30H,1-4H3. The smallest absolute Gasteiger partial charge is 0.101 e. The van der Waals surface area contributed by atoms with Gasteiger partial charge in [0.15, 0.2) is 0 Å². The summed E-state index contributed by atoms with van der Waals surface area (Å²) in [6.45, 7) is 8.58. The normalized spacial score (nSPS) is 11.4. The topological polar surface area (TPSA) is 57.4 Å². The zero-order valence-corrected chi connectivity index (χ0v) is 32.8. The van der Waals surface area contributed by atoms with Crippen molar-refractivity contribution in [3.8, 4) is 56.9 Å². The number of nitrogens with zero attached hydrogens (tertiary/aromatic N) is 4. The maximum atomic E-state index is 10.5. The number of aromatic nitrogens is 2. The highest BCUT2D eigenvalue weighted by atomic mass is 15.0. The van der Waals surface area contributed by atoms with E-state index < -0.39 is 0 Å². The van der Waals surface area contributed by atoms with E-state index in [1.54, 1.807) is 0 Å². The minimum absolute atomic E-state index is 0.584. The Morgan fingerprint density at radius 2 is 0.759 bits per heavy atom. The third-order valence-electron chi connectivity index (χ3n) is 11.8. The van der Waals surface area contributed by atoms with Crippen molar-refractivity contribution in [1.82, 2.24) is 9.13 Å². The Kier molecular flexibility index (Phi) is 8.11. The highest BCUT2D eigenvalue weighted by molar-refractivity contribution is 6.12. The van der Waals surface area contributed by atoms with Crippen LogP contribution in [0.1, 0.15) is 33.4 Å². The van der Waals surface area contributed by atoms with Gasteiger partial charge >= 0.3 is 0 Å². The Hall–Kier alpha value is -7.66. The predicted molar refractivity (Wildman–Crippen MR) is 240 cm³/mol. The highest BCUT2D eigenvalue weighted by Crippen LogP contribution is 2.40. The number of benzene rings is 8. The van der Waals surface area contributed by atoms with Gasteiger partial charge in [0.25, 0.3) is 0 Å². The van der Waals surface area contributed by atoms with Gasteiger partial charge in [0.1, 0.15) is 12.1 Å². The maximum Gasteiger partial charge on any atom is 0.101 e. The molecular weight excluding hydrogens is 705 g/mol. The summed E-state index contributed by atoms with van der Waals surface area (Å²) in [7, 11) is 0. The first-order valence-electron chi connectivity index (χ1n) is 19.6. The van der Waals surface area contributed by atoms with Crippen LogP contribution in [0.3, 0.4) is 0 Å². The van der Waals surface area contributed by atoms with Crippen LogP contribution in [0.25, 0.3) is 88.4 Å². The molecule has 4 heteroatoms. The molecule has 0 saturated heterocycles. The van der Waals surface area contributed by atoms with Crippen LogP contribution in [0.2, 0.25) is 0 Å². The molecule has 8 aromatic carbocycles. The summed E-state index contributed by atoms with van der Waals surface area (Å²) in [6, 6.07) is 60.5. The predicted octanol–water partition coefficient (Wildman–Crippen LogP) is 13.9. The summed E-state index contributed by atoms with van der Waals surface area (Å²) in [5.41, 5.74) is 18.6. The second kappa shape index (κ2) is 13.5. The van der Waals surface area contributed by atoms with Crippen molar-refractivity contribution in [3.05, 3.63) is 191 Å². The molecule has 0 aliphatic heterocycles. The molecular formula is C54H38N4. The van der Waals surface area contributed by atoms with E-state index in [1.165, 1.54) is 44.5 Å². The van der Waals surface area contributed by atoms with Crippen molar-refractivity contribution in [1.29, 1.82) is 10.5 Å². The molecule has 0 N–H and O–H groups in total. The van der Waals surface area contributed by atoms with Crippen molar-refractivity contribution in [3.63, 3.8) is 0 Å². The van der Waals surface area contributed by atoms with Crippen molar-refractivity contribution in [2.75, 3.05) is 0 Å². The average Bonchev–Trinajstić information content (AvgIpc) is 3.75. The number of fused-ring (bicyclic) bond motifs is 6. The van der Waals surface area contributed by atoms with Crippen LogP contribution in [0.4, 0.5) is 0 Å². The summed E-state index contributed by atoms with van der Waals surface area (Å²) in [5.74, 6) is 0. The maximum absolute atomic E-state index is 10.5. The largest absolute Gasteiger partial charge is 0.308 e. The molecule has 0 aliphatic carbocycles. The molecule has 0 aliphatic rings. The fourth-order valence-electron chi connectivity index (χ4n) is 9.06. The minimum Gasteiger partial charge on any atom is -0.308 e. The quantitative estimate of drug-likeness (QED) is 0.176. The molecule has 0 unspecified atom stereocenters. The van der Waals surface area contributed by atoms with E-state index in [9.17, 15) is 10.5 Å². The minimum atomic E-state index is 0.584. The van der Waals surface area contributed by atoms with E-state index in [0.29, 0.717) is 11.1 Å². The van der Waals surface area contributed by atoms with Crippen LogP contribution in [0, 0.1) is 50.4 Å². The van der Waals surface area contributed by atoms with Gasteiger partial charge < -0.3 is 9.13 Å². The van der Waals surface area contributed by atoms with Gasteiger partial charge in [0.05, 0.1) is 44.6 Å². The van der Waals surface area contributed by atoms with Crippen LogP contribution in [-0.2, 0) is 0 Å². The summed E-state index contributed by atoms with van der Waals surface area (Å²) in [5, 5.41) is 25.6. The molecule has 2 aromatic heterocycles. The lowest BCUT2D eigenvalue weighted by molar-refractivity contribution is 1.16. The lowest BCUT2D eigenvalue weighted by Gasteiger charge is -2.15. The second-order valence-electron chi connectivity index (χ2n) is 15.5. The molecule has 10 aromatic rings. The monoisotopic (exact) mass is 742 g/mol. The zero-order valence-electron chi connectivity index (χ0n) is 32.8. The van der Waals surface area contributed by atoms with Crippen molar-refractivity contribution < 1.29 is 0 Å². The molecule has 0 amide bonds. The number of para-hydroxylation sites is 2. The Labute approximate surface area is 337 Å².